The van der Waals surface area contributed by atoms with Crippen LogP contribution < -0.4 is 0 Å². The number of aryl methyl sites for hydroxylation is 1. The molecule has 0 amide bonds. The van der Waals surface area contributed by atoms with E-state index in [-0.39, 0.29) is 0 Å². The molecular formula is C16H22O2. The van der Waals surface area contributed by atoms with Crippen LogP contribution in [0.5, 0.6) is 0 Å². The summed E-state index contributed by atoms with van der Waals surface area (Å²) in [6, 6.07) is 6.39. The SMILES string of the molecule is CCc1ccc(C(C)C)cc1C1(C(=O)O)CCC1. The molecule has 1 N–H and O–H groups in total. The third-order valence-corrected chi connectivity index (χ3v) is 4.31. The molecule has 0 heterocycles. The molecular weight excluding hydrogens is 224 g/mol. The lowest BCUT2D eigenvalue weighted by Crippen LogP contribution is -2.43. The highest BCUT2D eigenvalue weighted by Crippen LogP contribution is 2.46. The summed E-state index contributed by atoms with van der Waals surface area (Å²) in [5.74, 6) is -0.204. The molecule has 0 atom stereocenters. The Balaban J connectivity index is 2.53. The number of carboxylic acids is 1. The van der Waals surface area contributed by atoms with Crippen LogP contribution >= 0.6 is 0 Å². The van der Waals surface area contributed by atoms with Crippen LogP contribution in [0.4, 0.5) is 0 Å². The zero-order valence-corrected chi connectivity index (χ0v) is 11.5. The van der Waals surface area contributed by atoms with Crippen LogP contribution in [0.2, 0.25) is 0 Å². The van der Waals surface area contributed by atoms with Crippen molar-refractivity contribution in [1.82, 2.24) is 0 Å². The van der Waals surface area contributed by atoms with E-state index in [1.807, 2.05) is 0 Å². The summed E-state index contributed by atoms with van der Waals surface area (Å²) in [6.07, 6.45) is 3.51. The summed E-state index contributed by atoms with van der Waals surface area (Å²) in [5.41, 5.74) is 2.90. The van der Waals surface area contributed by atoms with E-state index >= 15 is 0 Å². The van der Waals surface area contributed by atoms with Gasteiger partial charge in [-0.25, -0.2) is 0 Å². The van der Waals surface area contributed by atoms with E-state index in [9.17, 15) is 9.90 Å². The third-order valence-electron chi connectivity index (χ3n) is 4.31. The topological polar surface area (TPSA) is 37.3 Å². The standard InChI is InChI=1S/C16H22O2/c1-4-12-6-7-13(11(2)3)10-14(12)16(15(17)18)8-5-9-16/h6-7,10-11H,4-5,8-9H2,1-3H3,(H,17,18). The van der Waals surface area contributed by atoms with Crippen LogP contribution in [0.3, 0.4) is 0 Å². The van der Waals surface area contributed by atoms with E-state index < -0.39 is 11.4 Å². The Labute approximate surface area is 109 Å². The van der Waals surface area contributed by atoms with Gasteiger partial charge in [0.1, 0.15) is 0 Å². The number of carboxylic acid groups (broad SMARTS) is 1. The fraction of sp³-hybridized carbons (Fsp3) is 0.562. The Morgan fingerprint density at radius 1 is 1.39 bits per heavy atom. The summed E-state index contributed by atoms with van der Waals surface area (Å²) in [7, 11) is 0. The maximum atomic E-state index is 11.7. The second kappa shape index (κ2) is 4.75. The molecule has 18 heavy (non-hydrogen) atoms. The van der Waals surface area contributed by atoms with Gasteiger partial charge in [-0.2, -0.15) is 0 Å². The Hall–Kier alpha value is -1.31. The van der Waals surface area contributed by atoms with Gasteiger partial charge in [-0.05, 0) is 41.9 Å². The van der Waals surface area contributed by atoms with E-state index in [0.717, 1.165) is 31.2 Å². The molecule has 2 heteroatoms. The molecule has 1 saturated carbocycles. The van der Waals surface area contributed by atoms with Gasteiger partial charge in [0, 0.05) is 0 Å². The molecule has 0 unspecified atom stereocenters. The van der Waals surface area contributed by atoms with Gasteiger partial charge >= 0.3 is 5.97 Å². The van der Waals surface area contributed by atoms with E-state index in [1.165, 1.54) is 11.1 Å². The average molecular weight is 246 g/mol. The lowest BCUT2D eigenvalue weighted by molar-refractivity contribution is -0.147. The Morgan fingerprint density at radius 2 is 2.06 bits per heavy atom. The van der Waals surface area contributed by atoms with Gasteiger partial charge in [0.25, 0.3) is 0 Å². The van der Waals surface area contributed by atoms with Gasteiger partial charge in [0.05, 0.1) is 5.41 Å². The Kier molecular flexibility index (Phi) is 3.47. The first-order chi connectivity index (χ1) is 8.51. The Morgan fingerprint density at radius 3 is 2.44 bits per heavy atom. The van der Waals surface area contributed by atoms with Crippen LogP contribution in [0.15, 0.2) is 18.2 Å². The average Bonchev–Trinajstić information content (AvgIpc) is 2.26. The van der Waals surface area contributed by atoms with Crippen molar-refractivity contribution in [1.29, 1.82) is 0 Å². The number of benzene rings is 1. The number of hydrogen-bond acceptors (Lipinski definition) is 1. The van der Waals surface area contributed by atoms with Crippen molar-refractivity contribution in [3.05, 3.63) is 34.9 Å². The molecule has 0 aliphatic heterocycles. The number of carbonyl (C=O) groups is 1. The van der Waals surface area contributed by atoms with Gasteiger partial charge in [-0.3, -0.25) is 4.79 Å². The summed E-state index contributed by atoms with van der Waals surface area (Å²) in [6.45, 7) is 6.40. The van der Waals surface area contributed by atoms with Gasteiger partial charge in [-0.15, -0.1) is 0 Å². The quantitative estimate of drug-likeness (QED) is 0.875. The predicted octanol–water partition coefficient (Wildman–Crippen LogP) is 3.88. The number of aliphatic carboxylic acids is 1. The monoisotopic (exact) mass is 246 g/mol. The molecule has 2 rings (SSSR count). The summed E-state index contributed by atoms with van der Waals surface area (Å²) >= 11 is 0. The summed E-state index contributed by atoms with van der Waals surface area (Å²) < 4.78 is 0. The molecule has 0 radical (unpaired) electrons. The van der Waals surface area contributed by atoms with Crippen LogP contribution in [-0.2, 0) is 16.6 Å². The zero-order valence-electron chi connectivity index (χ0n) is 11.5. The van der Waals surface area contributed by atoms with Crippen molar-refractivity contribution in [2.24, 2.45) is 0 Å². The fourth-order valence-corrected chi connectivity index (χ4v) is 2.84. The normalized spacial score (nSPS) is 17.6. The maximum Gasteiger partial charge on any atom is 0.314 e. The molecule has 98 valence electrons. The number of rotatable bonds is 4. The molecule has 0 spiro atoms. The molecule has 2 nitrogen and oxygen atoms in total. The molecule has 1 aromatic carbocycles. The van der Waals surface area contributed by atoms with E-state index in [2.05, 4.69) is 39.0 Å². The highest BCUT2D eigenvalue weighted by molar-refractivity contribution is 5.83. The predicted molar refractivity (Wildman–Crippen MR) is 73.1 cm³/mol. The van der Waals surface area contributed by atoms with Crippen molar-refractivity contribution in [2.45, 2.75) is 57.8 Å². The highest BCUT2D eigenvalue weighted by Gasteiger charge is 2.46. The van der Waals surface area contributed by atoms with Crippen molar-refractivity contribution in [3.63, 3.8) is 0 Å². The van der Waals surface area contributed by atoms with E-state index in [0.29, 0.717) is 5.92 Å². The maximum absolute atomic E-state index is 11.7. The van der Waals surface area contributed by atoms with Crippen molar-refractivity contribution in [2.75, 3.05) is 0 Å². The van der Waals surface area contributed by atoms with Gasteiger partial charge < -0.3 is 5.11 Å². The minimum absolute atomic E-state index is 0.445. The molecule has 1 aliphatic rings. The fourth-order valence-electron chi connectivity index (χ4n) is 2.84. The molecule has 0 aromatic heterocycles. The van der Waals surface area contributed by atoms with E-state index in [1.54, 1.807) is 0 Å². The minimum Gasteiger partial charge on any atom is -0.481 e. The first-order valence-electron chi connectivity index (χ1n) is 6.88. The largest absolute Gasteiger partial charge is 0.481 e. The van der Waals surface area contributed by atoms with E-state index in [4.69, 9.17) is 0 Å². The van der Waals surface area contributed by atoms with Crippen molar-refractivity contribution >= 4 is 5.97 Å². The van der Waals surface area contributed by atoms with Crippen LogP contribution in [0, 0.1) is 0 Å². The second-order valence-corrected chi connectivity index (χ2v) is 5.67. The lowest BCUT2D eigenvalue weighted by atomic mass is 9.63. The lowest BCUT2D eigenvalue weighted by Gasteiger charge is -2.39. The van der Waals surface area contributed by atoms with Crippen LogP contribution in [0.25, 0.3) is 0 Å². The van der Waals surface area contributed by atoms with Gasteiger partial charge in [0.15, 0.2) is 0 Å². The minimum atomic E-state index is -0.649. The molecule has 1 aliphatic carbocycles. The Bertz CT molecular complexity index is 456. The third kappa shape index (κ3) is 1.94. The molecule has 1 fully saturated rings. The molecule has 0 saturated heterocycles. The van der Waals surface area contributed by atoms with Gasteiger partial charge in [-0.1, -0.05) is 45.4 Å². The van der Waals surface area contributed by atoms with Gasteiger partial charge in [0.2, 0.25) is 0 Å². The summed E-state index contributed by atoms with van der Waals surface area (Å²) in [5, 5.41) is 9.59. The smallest absolute Gasteiger partial charge is 0.314 e. The van der Waals surface area contributed by atoms with Crippen LogP contribution in [-0.4, -0.2) is 11.1 Å². The van der Waals surface area contributed by atoms with Crippen molar-refractivity contribution < 1.29 is 9.90 Å². The first kappa shape index (κ1) is 13.1. The summed E-state index contributed by atoms with van der Waals surface area (Å²) in [4.78, 5) is 11.7. The highest BCUT2D eigenvalue weighted by atomic mass is 16.4. The first-order valence-corrected chi connectivity index (χ1v) is 6.88. The molecule has 1 aromatic rings. The van der Waals surface area contributed by atoms with Crippen LogP contribution in [0.1, 0.15) is 62.6 Å². The molecule has 0 bridgehead atoms. The number of hydrogen-bond donors (Lipinski definition) is 1. The van der Waals surface area contributed by atoms with Crippen molar-refractivity contribution in [3.8, 4) is 0 Å². The zero-order chi connectivity index (χ0) is 13.3. The second-order valence-electron chi connectivity index (χ2n) is 5.67.